The molecule has 1 unspecified atom stereocenters. The smallest absolute Gasteiger partial charge is 0.234 e. The maximum atomic E-state index is 12.7. The Morgan fingerprint density at radius 1 is 1.45 bits per heavy atom. The van der Waals surface area contributed by atoms with Gasteiger partial charge in [-0.05, 0) is 24.6 Å². The highest BCUT2D eigenvalue weighted by atomic mass is 35.5. The summed E-state index contributed by atoms with van der Waals surface area (Å²) in [6, 6.07) is 6.55. The Morgan fingerprint density at radius 2 is 2.15 bits per heavy atom. The van der Waals surface area contributed by atoms with Crippen LogP contribution in [0, 0.1) is 5.82 Å². The fourth-order valence-corrected chi connectivity index (χ4v) is 2.16. The highest BCUT2D eigenvalue weighted by molar-refractivity contribution is 5.85. The lowest BCUT2D eigenvalue weighted by Gasteiger charge is -2.33. The second-order valence-electron chi connectivity index (χ2n) is 4.93. The van der Waals surface area contributed by atoms with E-state index >= 15 is 0 Å². The topological polar surface area (TPSA) is 44.4 Å². The normalized spacial score (nSPS) is 19.2. The van der Waals surface area contributed by atoms with Crippen LogP contribution in [0.4, 0.5) is 4.39 Å². The lowest BCUT2D eigenvalue weighted by molar-refractivity contribution is -0.123. The van der Waals surface area contributed by atoms with Gasteiger partial charge in [0.2, 0.25) is 5.91 Å². The van der Waals surface area contributed by atoms with Crippen molar-refractivity contribution in [3.8, 4) is 0 Å². The van der Waals surface area contributed by atoms with Crippen molar-refractivity contribution < 1.29 is 9.18 Å². The van der Waals surface area contributed by atoms with Crippen molar-refractivity contribution in [3.63, 3.8) is 0 Å². The molecule has 0 radical (unpaired) electrons. The minimum absolute atomic E-state index is 0. The van der Waals surface area contributed by atoms with Crippen LogP contribution in [-0.2, 0) is 11.3 Å². The molecule has 20 heavy (non-hydrogen) atoms. The van der Waals surface area contributed by atoms with E-state index in [1.165, 1.54) is 12.1 Å². The molecule has 0 bridgehead atoms. The van der Waals surface area contributed by atoms with Crippen LogP contribution in [0.1, 0.15) is 12.5 Å². The van der Waals surface area contributed by atoms with Gasteiger partial charge in [-0.15, -0.1) is 12.4 Å². The number of carbonyl (C=O) groups is 1. The Morgan fingerprint density at radius 3 is 2.80 bits per heavy atom. The van der Waals surface area contributed by atoms with Gasteiger partial charge in [-0.3, -0.25) is 9.69 Å². The zero-order valence-corrected chi connectivity index (χ0v) is 12.4. The first-order valence-electron chi connectivity index (χ1n) is 6.61. The SMILES string of the molecule is CC1CNCCN1CC(=O)NCc1ccc(F)cc1.Cl. The fraction of sp³-hybridized carbons (Fsp3) is 0.500. The molecule has 2 N–H and O–H groups in total. The monoisotopic (exact) mass is 301 g/mol. The third-order valence-electron chi connectivity index (χ3n) is 3.39. The maximum Gasteiger partial charge on any atom is 0.234 e. The number of hydrogen-bond acceptors (Lipinski definition) is 3. The van der Waals surface area contributed by atoms with Crippen LogP contribution in [0.5, 0.6) is 0 Å². The molecule has 4 nitrogen and oxygen atoms in total. The van der Waals surface area contributed by atoms with E-state index in [1.54, 1.807) is 12.1 Å². The van der Waals surface area contributed by atoms with E-state index in [1.807, 2.05) is 0 Å². The Hall–Kier alpha value is -1.17. The Kier molecular flexibility index (Phi) is 6.91. The number of rotatable bonds is 4. The molecule has 1 aromatic carbocycles. The zero-order chi connectivity index (χ0) is 13.7. The van der Waals surface area contributed by atoms with Gasteiger partial charge < -0.3 is 10.6 Å². The Bertz CT molecular complexity index is 427. The Balaban J connectivity index is 0.00000200. The van der Waals surface area contributed by atoms with Gasteiger partial charge in [-0.1, -0.05) is 12.1 Å². The molecular formula is C14H21ClFN3O. The van der Waals surface area contributed by atoms with E-state index in [9.17, 15) is 9.18 Å². The average Bonchev–Trinajstić information content (AvgIpc) is 2.41. The van der Waals surface area contributed by atoms with Gasteiger partial charge in [0.15, 0.2) is 0 Å². The zero-order valence-electron chi connectivity index (χ0n) is 11.6. The van der Waals surface area contributed by atoms with Crippen LogP contribution in [0.2, 0.25) is 0 Å². The molecule has 1 fully saturated rings. The summed E-state index contributed by atoms with van der Waals surface area (Å²) in [7, 11) is 0. The predicted molar refractivity (Wildman–Crippen MR) is 79.4 cm³/mol. The highest BCUT2D eigenvalue weighted by Crippen LogP contribution is 2.03. The second kappa shape index (κ2) is 8.19. The van der Waals surface area contributed by atoms with Crippen molar-refractivity contribution in [2.45, 2.75) is 19.5 Å². The van der Waals surface area contributed by atoms with Crippen molar-refractivity contribution in [3.05, 3.63) is 35.6 Å². The molecule has 1 saturated heterocycles. The van der Waals surface area contributed by atoms with E-state index in [2.05, 4.69) is 22.5 Å². The molecule has 1 amide bonds. The number of halogens is 2. The summed E-state index contributed by atoms with van der Waals surface area (Å²) in [6.07, 6.45) is 0. The third kappa shape index (κ3) is 5.07. The first-order valence-corrected chi connectivity index (χ1v) is 6.61. The molecule has 1 atom stereocenters. The van der Waals surface area contributed by atoms with Gasteiger partial charge in [0.25, 0.3) is 0 Å². The van der Waals surface area contributed by atoms with Gasteiger partial charge >= 0.3 is 0 Å². The first-order chi connectivity index (χ1) is 9.15. The number of nitrogens with one attached hydrogen (secondary N) is 2. The van der Waals surface area contributed by atoms with Crippen LogP contribution >= 0.6 is 12.4 Å². The van der Waals surface area contributed by atoms with Crippen LogP contribution in [0.25, 0.3) is 0 Å². The van der Waals surface area contributed by atoms with Crippen molar-refractivity contribution >= 4 is 18.3 Å². The van der Waals surface area contributed by atoms with Gasteiger partial charge in [-0.2, -0.15) is 0 Å². The molecule has 1 aromatic rings. The van der Waals surface area contributed by atoms with Crippen molar-refractivity contribution in [2.75, 3.05) is 26.2 Å². The van der Waals surface area contributed by atoms with Gasteiger partial charge in [0, 0.05) is 32.2 Å². The summed E-state index contributed by atoms with van der Waals surface area (Å²) in [4.78, 5) is 14.0. The van der Waals surface area contributed by atoms with Crippen LogP contribution in [0.15, 0.2) is 24.3 Å². The largest absolute Gasteiger partial charge is 0.351 e. The van der Waals surface area contributed by atoms with Gasteiger partial charge in [0.05, 0.1) is 6.54 Å². The van der Waals surface area contributed by atoms with E-state index in [4.69, 9.17) is 0 Å². The molecule has 1 aliphatic heterocycles. The highest BCUT2D eigenvalue weighted by Gasteiger charge is 2.19. The molecule has 1 aliphatic rings. The maximum absolute atomic E-state index is 12.7. The quantitative estimate of drug-likeness (QED) is 0.877. The molecule has 6 heteroatoms. The average molecular weight is 302 g/mol. The van der Waals surface area contributed by atoms with E-state index in [0.717, 1.165) is 25.2 Å². The molecule has 0 saturated carbocycles. The van der Waals surface area contributed by atoms with Crippen LogP contribution in [-0.4, -0.2) is 43.0 Å². The van der Waals surface area contributed by atoms with Crippen molar-refractivity contribution in [2.24, 2.45) is 0 Å². The molecular weight excluding hydrogens is 281 g/mol. The first kappa shape index (κ1) is 16.9. The van der Waals surface area contributed by atoms with E-state index < -0.39 is 0 Å². The number of carbonyl (C=O) groups excluding carboxylic acids is 1. The number of hydrogen-bond donors (Lipinski definition) is 2. The molecule has 1 heterocycles. The standard InChI is InChI=1S/C14H20FN3O.ClH/c1-11-8-16-6-7-18(11)10-14(19)17-9-12-2-4-13(15)5-3-12;/h2-5,11,16H,6-10H2,1H3,(H,17,19);1H. The summed E-state index contributed by atoms with van der Waals surface area (Å²) in [5, 5.41) is 6.15. The van der Waals surface area contributed by atoms with Crippen molar-refractivity contribution in [1.29, 1.82) is 0 Å². The molecule has 2 rings (SSSR count). The summed E-state index contributed by atoms with van der Waals surface area (Å²) >= 11 is 0. The van der Waals surface area contributed by atoms with Crippen LogP contribution in [0.3, 0.4) is 0 Å². The van der Waals surface area contributed by atoms with Crippen molar-refractivity contribution in [1.82, 2.24) is 15.5 Å². The summed E-state index contributed by atoms with van der Waals surface area (Å²) in [6.45, 7) is 5.72. The van der Waals surface area contributed by atoms with Crippen LogP contribution < -0.4 is 10.6 Å². The molecule has 112 valence electrons. The Labute approximate surface area is 125 Å². The number of amides is 1. The minimum atomic E-state index is -0.260. The predicted octanol–water partition coefficient (Wildman–Crippen LogP) is 1.16. The lowest BCUT2D eigenvalue weighted by atomic mass is 10.2. The summed E-state index contributed by atoms with van der Waals surface area (Å²) in [5.74, 6) is -0.247. The number of nitrogens with zero attached hydrogens (tertiary/aromatic N) is 1. The fourth-order valence-electron chi connectivity index (χ4n) is 2.16. The summed E-state index contributed by atoms with van der Waals surface area (Å²) < 4.78 is 12.7. The van der Waals surface area contributed by atoms with Gasteiger partial charge in [0.1, 0.15) is 5.82 Å². The minimum Gasteiger partial charge on any atom is -0.351 e. The van der Waals surface area contributed by atoms with E-state index in [0.29, 0.717) is 19.1 Å². The summed E-state index contributed by atoms with van der Waals surface area (Å²) in [5.41, 5.74) is 0.906. The third-order valence-corrected chi connectivity index (χ3v) is 3.39. The lowest BCUT2D eigenvalue weighted by Crippen LogP contribution is -2.52. The second-order valence-corrected chi connectivity index (χ2v) is 4.93. The number of benzene rings is 1. The molecule has 0 aliphatic carbocycles. The number of piperazine rings is 1. The molecule has 0 aromatic heterocycles. The van der Waals surface area contributed by atoms with E-state index in [-0.39, 0.29) is 24.1 Å². The van der Waals surface area contributed by atoms with Gasteiger partial charge in [-0.25, -0.2) is 4.39 Å². The molecule has 0 spiro atoms.